The first-order valence-corrected chi connectivity index (χ1v) is 11.8. The molecule has 2 saturated carbocycles. The van der Waals surface area contributed by atoms with Gasteiger partial charge >= 0.3 is 77.2 Å². The van der Waals surface area contributed by atoms with E-state index in [1.54, 1.807) is 27.7 Å². The van der Waals surface area contributed by atoms with Crippen LogP contribution in [0.4, 0.5) is 4.79 Å². The maximum atomic E-state index is 12.7. The Balaban J connectivity index is -0.00000272. The maximum Gasteiger partial charge on any atom is 1.00 e. The van der Waals surface area contributed by atoms with E-state index in [1.807, 2.05) is 0 Å². The molecule has 0 heterocycles. The van der Waals surface area contributed by atoms with E-state index in [0.29, 0.717) is 0 Å². The summed E-state index contributed by atoms with van der Waals surface area (Å²) in [5.41, 5.74) is -1.35. The van der Waals surface area contributed by atoms with Crippen molar-refractivity contribution in [3.8, 4) is 0 Å². The summed E-state index contributed by atoms with van der Waals surface area (Å²) in [5.74, 6) is -3.73. The first-order chi connectivity index (χ1) is 14.3. The predicted octanol–water partition coefficient (Wildman–Crippen LogP) is -0.259. The van der Waals surface area contributed by atoms with E-state index in [1.165, 1.54) is 14.2 Å². The number of methoxy groups -OCH3 is 2. The Morgan fingerprint density at radius 3 is 1.18 bits per heavy atom. The third kappa shape index (κ3) is 7.53. The van der Waals surface area contributed by atoms with Crippen LogP contribution in [0, 0.1) is 34.5 Å². The third-order valence-corrected chi connectivity index (χ3v) is 7.77. The van der Waals surface area contributed by atoms with Gasteiger partial charge in [-0.15, -0.1) is 0 Å². The van der Waals surface area contributed by atoms with E-state index >= 15 is 0 Å². The van der Waals surface area contributed by atoms with Crippen LogP contribution >= 0.6 is 69.6 Å². The van der Waals surface area contributed by atoms with Crippen molar-refractivity contribution in [1.29, 1.82) is 0 Å². The summed E-state index contributed by atoms with van der Waals surface area (Å²) in [7, 11) is 2.46. The summed E-state index contributed by atoms with van der Waals surface area (Å²) in [6.45, 7) is 6.98. The van der Waals surface area contributed by atoms with Crippen LogP contribution in [0.15, 0.2) is 0 Å². The molecule has 2 aliphatic rings. The molecule has 0 aromatic carbocycles. The van der Waals surface area contributed by atoms with Gasteiger partial charge in [-0.3, -0.25) is 9.59 Å². The van der Waals surface area contributed by atoms with Gasteiger partial charge in [0.15, 0.2) is 12.2 Å². The molecule has 0 radical (unpaired) electrons. The molecule has 7 nitrogen and oxygen atoms in total. The number of carbonyl (C=O) groups is 3. The summed E-state index contributed by atoms with van der Waals surface area (Å²) >= 11 is 36.3. The molecule has 0 saturated heterocycles. The fraction of sp³-hybridized carbons (Fsp3) is 0.842. The van der Waals surface area contributed by atoms with E-state index in [4.69, 9.17) is 88.6 Å². The zero-order chi connectivity index (χ0) is 25.0. The van der Waals surface area contributed by atoms with Gasteiger partial charge in [-0.1, -0.05) is 97.3 Å². The number of hydrogen-bond acceptors (Lipinski definition) is 7. The molecule has 188 valence electrons. The SMILES string of the molecule is COC(=O)C1C(C(OC(=O)OC(C2C(C(=O)OC)C2(C)C)C(Cl)(Cl)Cl)C(Cl)(Cl)Cl)C1(C)C.[H-].[H-].[Na+].[Na+]. The molecule has 6 unspecified atom stereocenters. The molecule has 6 atom stereocenters. The second-order valence-electron chi connectivity index (χ2n) is 9.11. The Morgan fingerprint density at radius 2 is 0.971 bits per heavy atom. The largest absolute Gasteiger partial charge is 1.00 e. The summed E-state index contributed by atoms with van der Waals surface area (Å²) in [4.78, 5) is 36.9. The molecule has 2 aliphatic carbocycles. The molecule has 0 N–H and O–H groups in total. The van der Waals surface area contributed by atoms with Gasteiger partial charge in [-0.25, -0.2) is 4.79 Å². The minimum absolute atomic E-state index is 0. The molecular weight excluding hydrogens is 599 g/mol. The van der Waals surface area contributed by atoms with Gasteiger partial charge in [0.05, 0.1) is 26.1 Å². The molecule has 2 rings (SSSR count). The van der Waals surface area contributed by atoms with Crippen LogP contribution in [-0.2, 0) is 28.5 Å². The van der Waals surface area contributed by atoms with Gasteiger partial charge in [0, 0.05) is 11.8 Å². The molecule has 0 amide bonds. The van der Waals surface area contributed by atoms with Crippen molar-refractivity contribution in [2.75, 3.05) is 14.2 Å². The Kier molecular flexibility index (Phi) is 13.1. The molecule has 15 heteroatoms. The van der Waals surface area contributed by atoms with Crippen LogP contribution in [0.1, 0.15) is 30.5 Å². The number of rotatable bonds is 6. The summed E-state index contributed by atoms with van der Waals surface area (Å²) in [6.07, 6.45) is -4.01. The van der Waals surface area contributed by atoms with Crippen LogP contribution in [0.3, 0.4) is 0 Å². The fourth-order valence-corrected chi connectivity index (χ4v) is 5.64. The summed E-state index contributed by atoms with van der Waals surface area (Å²) in [6, 6.07) is 0. The van der Waals surface area contributed by atoms with E-state index < -0.39 is 72.4 Å². The van der Waals surface area contributed by atoms with Crippen molar-refractivity contribution < 1.29 is 95.3 Å². The number of alkyl halides is 6. The van der Waals surface area contributed by atoms with E-state index in [-0.39, 0.29) is 62.0 Å². The number of ether oxygens (including phenoxy) is 4. The Hall–Kier alpha value is 1.95. The average Bonchev–Trinajstić information content (AvgIpc) is 3.41. The van der Waals surface area contributed by atoms with Crippen molar-refractivity contribution in [3.63, 3.8) is 0 Å². The normalized spacial score (nSPS) is 28.1. The van der Waals surface area contributed by atoms with E-state index in [0.717, 1.165) is 0 Å². The molecule has 0 aromatic rings. The predicted molar refractivity (Wildman–Crippen MR) is 124 cm³/mol. The van der Waals surface area contributed by atoms with Gasteiger partial charge in [0.1, 0.15) is 0 Å². The van der Waals surface area contributed by atoms with Crippen LogP contribution in [0.5, 0.6) is 0 Å². The first kappa shape index (κ1) is 35.9. The number of hydrogen-bond donors (Lipinski definition) is 0. The van der Waals surface area contributed by atoms with Gasteiger partial charge in [-0.2, -0.15) is 0 Å². The second-order valence-corrected chi connectivity index (χ2v) is 13.8. The Morgan fingerprint density at radius 1 is 0.706 bits per heavy atom. The quantitative estimate of drug-likeness (QED) is 0.174. The molecule has 0 aromatic heterocycles. The van der Waals surface area contributed by atoms with Crippen molar-refractivity contribution in [2.45, 2.75) is 47.5 Å². The van der Waals surface area contributed by atoms with Gasteiger partial charge < -0.3 is 21.8 Å². The zero-order valence-electron chi connectivity index (χ0n) is 22.1. The van der Waals surface area contributed by atoms with Crippen LogP contribution in [0.2, 0.25) is 0 Å². The van der Waals surface area contributed by atoms with Gasteiger partial charge in [-0.05, 0) is 10.8 Å². The van der Waals surface area contributed by atoms with Crippen molar-refractivity contribution in [3.05, 3.63) is 0 Å². The molecule has 0 aliphatic heterocycles. The zero-order valence-corrected chi connectivity index (χ0v) is 28.6. The summed E-state index contributed by atoms with van der Waals surface area (Å²) < 4.78 is 16.1. The number of carbonyl (C=O) groups excluding carboxylic acids is 3. The van der Waals surface area contributed by atoms with Crippen molar-refractivity contribution in [2.24, 2.45) is 34.5 Å². The van der Waals surface area contributed by atoms with Crippen molar-refractivity contribution in [1.82, 2.24) is 0 Å². The van der Waals surface area contributed by atoms with Crippen molar-refractivity contribution >= 4 is 87.7 Å². The minimum Gasteiger partial charge on any atom is -1.00 e. The minimum atomic E-state index is -2.09. The fourth-order valence-electron chi connectivity index (χ4n) is 4.56. The topological polar surface area (TPSA) is 88.1 Å². The Labute approximate surface area is 276 Å². The van der Waals surface area contributed by atoms with E-state index in [9.17, 15) is 14.4 Å². The van der Waals surface area contributed by atoms with Crippen LogP contribution < -0.4 is 59.1 Å². The number of esters is 2. The third-order valence-electron chi connectivity index (χ3n) is 6.48. The van der Waals surface area contributed by atoms with E-state index in [2.05, 4.69) is 0 Å². The molecule has 0 spiro atoms. The van der Waals surface area contributed by atoms with Gasteiger partial charge in [0.2, 0.25) is 7.59 Å². The second kappa shape index (κ2) is 12.4. The molecular formula is C19H26Cl6Na2O7. The standard InChI is InChI=1S/C19H24Cl6O7.2Na.2H/c1-16(2)7(9(16)13(26)29-5)11(18(20,21)22)31-15(28)32-12(19(23,24)25)8-10(14(27)30-6)17(8,3)4;;;;/h7-12H,1-6H3;;;;/q;2*+1;2*-1. The molecule has 2 fully saturated rings. The molecule has 0 bridgehead atoms. The first-order valence-electron chi connectivity index (χ1n) is 9.49. The maximum absolute atomic E-state index is 12.7. The van der Waals surface area contributed by atoms with Gasteiger partial charge in [0.25, 0.3) is 0 Å². The number of halogens is 6. The monoisotopic (exact) mass is 622 g/mol. The Bertz CT molecular complexity index is 733. The summed E-state index contributed by atoms with van der Waals surface area (Å²) in [5, 5.41) is 0. The smallest absolute Gasteiger partial charge is 1.00 e. The van der Waals surface area contributed by atoms with Crippen LogP contribution in [0.25, 0.3) is 0 Å². The molecule has 34 heavy (non-hydrogen) atoms. The van der Waals surface area contributed by atoms with Crippen LogP contribution in [-0.4, -0.2) is 52.1 Å². The average molecular weight is 625 g/mol.